The molecule has 0 saturated carbocycles. The first-order valence-electron chi connectivity index (χ1n) is 5.70. The summed E-state index contributed by atoms with van der Waals surface area (Å²) in [6.07, 6.45) is 1.42. The molecule has 0 N–H and O–H groups in total. The van der Waals surface area contributed by atoms with Crippen molar-refractivity contribution in [1.82, 2.24) is 4.98 Å². The third-order valence-electron chi connectivity index (χ3n) is 2.77. The third-order valence-corrected chi connectivity index (χ3v) is 4.78. The van der Waals surface area contributed by atoms with Crippen molar-refractivity contribution in [2.45, 2.75) is 10.9 Å². The summed E-state index contributed by atoms with van der Waals surface area (Å²) in [5.74, 6) is -0.162. The minimum atomic E-state index is -3.77. The molecule has 0 aliphatic rings. The summed E-state index contributed by atoms with van der Waals surface area (Å²) < 4.78 is 38.6. The van der Waals surface area contributed by atoms with Gasteiger partial charge in [-0.05, 0) is 35.9 Å². The predicted molar refractivity (Wildman–Crippen MR) is 75.8 cm³/mol. The Hall–Kier alpha value is -1.66. The first-order valence-corrected chi connectivity index (χ1v) is 7.68. The lowest BCUT2D eigenvalue weighted by molar-refractivity contribution is 0.590. The Bertz CT molecular complexity index is 687. The number of hydrogen-bond acceptors (Lipinski definition) is 3. The Balaban J connectivity index is 2.35. The number of aromatic nitrogens is 1. The predicted octanol–water partition coefficient (Wildman–Crippen LogP) is 2.78. The van der Waals surface area contributed by atoms with Crippen LogP contribution in [0, 0.1) is 5.82 Å². The fourth-order valence-corrected chi connectivity index (χ4v) is 2.84. The molecule has 1 aromatic carbocycles. The maximum atomic E-state index is 12.9. The number of nitrogens with zero attached hydrogens (tertiary/aromatic N) is 2. The molecule has 106 valence electrons. The van der Waals surface area contributed by atoms with Crippen LogP contribution < -0.4 is 4.31 Å². The maximum Gasteiger partial charge on any atom is 0.281 e. The van der Waals surface area contributed by atoms with Crippen LogP contribution in [0.2, 0.25) is 0 Å². The highest BCUT2D eigenvalue weighted by Gasteiger charge is 2.22. The summed E-state index contributed by atoms with van der Waals surface area (Å²) in [4.78, 5) is 3.90. The van der Waals surface area contributed by atoms with Gasteiger partial charge < -0.3 is 0 Å². The van der Waals surface area contributed by atoms with Crippen LogP contribution >= 0.6 is 11.6 Å². The molecule has 0 radical (unpaired) electrons. The number of hydrogen-bond donors (Lipinski definition) is 0. The van der Waals surface area contributed by atoms with E-state index < -0.39 is 15.8 Å². The second kappa shape index (κ2) is 5.76. The van der Waals surface area contributed by atoms with Crippen molar-refractivity contribution in [3.8, 4) is 0 Å². The molecular weight excluding hydrogens is 303 g/mol. The second-order valence-electron chi connectivity index (χ2n) is 4.09. The number of sulfonamides is 1. The molecule has 2 aromatic rings. The van der Waals surface area contributed by atoms with E-state index >= 15 is 0 Å². The van der Waals surface area contributed by atoms with Gasteiger partial charge >= 0.3 is 0 Å². The lowest BCUT2D eigenvalue weighted by atomic mass is 10.3. The largest absolute Gasteiger partial charge is 0.281 e. The Kier molecular flexibility index (Phi) is 4.25. The molecule has 0 spiro atoms. The van der Waals surface area contributed by atoms with Crippen LogP contribution in [0.1, 0.15) is 5.56 Å². The van der Waals surface area contributed by atoms with Gasteiger partial charge in [-0.1, -0.05) is 6.07 Å². The van der Waals surface area contributed by atoms with Crippen molar-refractivity contribution < 1.29 is 12.8 Å². The fraction of sp³-hybridized carbons (Fsp3) is 0.154. The summed E-state index contributed by atoms with van der Waals surface area (Å²) in [7, 11) is -2.38. The Morgan fingerprint density at radius 1 is 1.20 bits per heavy atom. The summed E-state index contributed by atoms with van der Waals surface area (Å²) in [6.45, 7) is 0. The van der Waals surface area contributed by atoms with Gasteiger partial charge in [-0.3, -0.25) is 4.31 Å². The Morgan fingerprint density at radius 3 is 2.35 bits per heavy atom. The smallest absolute Gasteiger partial charge is 0.268 e. The molecular formula is C13H12ClFN2O2S. The van der Waals surface area contributed by atoms with Crippen molar-refractivity contribution >= 4 is 27.3 Å². The number of halogens is 2. The molecule has 1 heterocycles. The SMILES string of the molecule is CN(c1ccc(F)cc1)S(=O)(=O)c1ccc(CCl)cn1. The lowest BCUT2D eigenvalue weighted by Gasteiger charge is -2.18. The molecule has 0 saturated heterocycles. The van der Waals surface area contributed by atoms with E-state index in [1.807, 2.05) is 0 Å². The van der Waals surface area contributed by atoms with Gasteiger partial charge in [0.25, 0.3) is 10.0 Å². The van der Waals surface area contributed by atoms with E-state index in [2.05, 4.69) is 4.98 Å². The van der Waals surface area contributed by atoms with Gasteiger partial charge in [-0.25, -0.2) is 9.37 Å². The van der Waals surface area contributed by atoms with E-state index in [0.29, 0.717) is 5.69 Å². The van der Waals surface area contributed by atoms with Gasteiger partial charge in [-0.15, -0.1) is 11.6 Å². The molecule has 1 aromatic heterocycles. The number of pyridine rings is 1. The van der Waals surface area contributed by atoms with E-state index in [0.717, 1.165) is 9.87 Å². The molecule has 0 aliphatic carbocycles. The van der Waals surface area contributed by atoms with Crippen LogP contribution in [0.15, 0.2) is 47.6 Å². The van der Waals surface area contributed by atoms with Crippen LogP contribution in [0.25, 0.3) is 0 Å². The number of anilines is 1. The van der Waals surface area contributed by atoms with Gasteiger partial charge in [0.05, 0.1) is 5.69 Å². The summed E-state index contributed by atoms with van der Waals surface area (Å²) >= 11 is 5.63. The zero-order valence-electron chi connectivity index (χ0n) is 10.6. The Labute approximate surface area is 121 Å². The highest BCUT2D eigenvalue weighted by atomic mass is 35.5. The van der Waals surface area contributed by atoms with E-state index in [4.69, 9.17) is 11.6 Å². The maximum absolute atomic E-state index is 12.9. The number of alkyl halides is 1. The normalized spacial score (nSPS) is 11.3. The topological polar surface area (TPSA) is 50.3 Å². The fourth-order valence-electron chi connectivity index (χ4n) is 1.57. The summed E-state index contributed by atoms with van der Waals surface area (Å²) in [5, 5.41) is -0.0850. The van der Waals surface area contributed by atoms with Crippen LogP contribution in [0.5, 0.6) is 0 Å². The van der Waals surface area contributed by atoms with Crippen LogP contribution in [0.3, 0.4) is 0 Å². The standard InChI is InChI=1S/C13H12ClFN2O2S/c1-17(12-5-3-11(15)4-6-12)20(18,19)13-7-2-10(8-14)9-16-13/h2-7,9H,8H2,1H3. The van der Waals surface area contributed by atoms with Gasteiger partial charge in [0, 0.05) is 19.1 Å². The Morgan fingerprint density at radius 2 is 1.85 bits per heavy atom. The molecule has 0 bridgehead atoms. The van der Waals surface area contributed by atoms with Crippen molar-refractivity contribution in [3.63, 3.8) is 0 Å². The molecule has 2 rings (SSSR count). The molecule has 4 nitrogen and oxygen atoms in total. The second-order valence-corrected chi connectivity index (χ2v) is 6.27. The van der Waals surface area contributed by atoms with Gasteiger partial charge in [0.2, 0.25) is 0 Å². The van der Waals surface area contributed by atoms with E-state index in [1.165, 1.54) is 43.6 Å². The van der Waals surface area contributed by atoms with Crippen LogP contribution in [-0.4, -0.2) is 20.4 Å². The number of benzene rings is 1. The van der Waals surface area contributed by atoms with Gasteiger partial charge in [0.15, 0.2) is 5.03 Å². The molecule has 7 heteroatoms. The summed E-state index contributed by atoms with van der Waals surface area (Å²) in [6, 6.07) is 8.18. The lowest BCUT2D eigenvalue weighted by Crippen LogP contribution is -2.27. The van der Waals surface area contributed by atoms with Crippen LogP contribution in [0.4, 0.5) is 10.1 Å². The quantitative estimate of drug-likeness (QED) is 0.815. The monoisotopic (exact) mass is 314 g/mol. The first-order chi connectivity index (χ1) is 9.45. The van der Waals surface area contributed by atoms with Crippen molar-refractivity contribution in [2.24, 2.45) is 0 Å². The van der Waals surface area contributed by atoms with Crippen molar-refractivity contribution in [2.75, 3.05) is 11.4 Å². The molecule has 0 atom stereocenters. The zero-order valence-corrected chi connectivity index (χ0v) is 12.2. The average molecular weight is 315 g/mol. The number of rotatable bonds is 4. The van der Waals surface area contributed by atoms with Crippen molar-refractivity contribution in [3.05, 3.63) is 54.0 Å². The zero-order chi connectivity index (χ0) is 14.8. The minimum Gasteiger partial charge on any atom is -0.268 e. The van der Waals surface area contributed by atoms with E-state index in [1.54, 1.807) is 6.07 Å². The molecule has 20 heavy (non-hydrogen) atoms. The van der Waals surface area contributed by atoms with Crippen LogP contribution in [-0.2, 0) is 15.9 Å². The minimum absolute atomic E-state index is 0.0850. The third kappa shape index (κ3) is 2.91. The molecule has 0 aliphatic heterocycles. The highest BCUT2D eigenvalue weighted by molar-refractivity contribution is 7.92. The first kappa shape index (κ1) is 14.7. The van der Waals surface area contributed by atoms with Crippen molar-refractivity contribution in [1.29, 1.82) is 0 Å². The molecule has 0 fully saturated rings. The van der Waals surface area contributed by atoms with E-state index in [-0.39, 0.29) is 10.9 Å². The van der Waals surface area contributed by atoms with Gasteiger partial charge in [0.1, 0.15) is 5.82 Å². The van der Waals surface area contributed by atoms with Gasteiger partial charge in [-0.2, -0.15) is 8.42 Å². The molecule has 0 amide bonds. The molecule has 0 unspecified atom stereocenters. The van der Waals surface area contributed by atoms with E-state index in [9.17, 15) is 12.8 Å². The highest BCUT2D eigenvalue weighted by Crippen LogP contribution is 2.21. The summed E-state index contributed by atoms with van der Waals surface area (Å²) in [5.41, 5.74) is 1.09. The average Bonchev–Trinajstić information content (AvgIpc) is 2.47.